The van der Waals surface area contributed by atoms with Crippen molar-refractivity contribution in [2.45, 2.75) is 24.5 Å². The van der Waals surface area contributed by atoms with Crippen molar-refractivity contribution in [2.24, 2.45) is 0 Å². The highest BCUT2D eigenvalue weighted by molar-refractivity contribution is 8.10. The number of aromatic amines is 1. The van der Waals surface area contributed by atoms with E-state index in [0.717, 1.165) is 10.9 Å². The number of rotatable bonds is 8. The molecule has 22 heteroatoms. The maximum Gasteiger partial charge on any atom is 0.486 e. The third-order valence-electron chi connectivity index (χ3n) is 3.88. The standard InChI is InChI=1S/C10H16N5O12P3S2/c11-10-13-7-4(8(18)14-10)12-2-15(7)9-6(17)5(16)3(25-9)1-24-30(23,32)27-28(19,20)26-29(21,22)31/h2-3,5-6,9,16-17H,1H2,(H,19,20)(H,23,32)(H2,21,22,31)(H3,11,13,14,18)/t3-,5-,6-,9-,30?/m1/s1. The normalized spacial score (nSPS) is 27.9. The molecule has 0 amide bonds. The Hall–Kier alpha value is -0.720. The third-order valence-corrected chi connectivity index (χ3v) is 9.20. The fourth-order valence-corrected chi connectivity index (χ4v) is 7.43. The molecule has 2 aromatic heterocycles. The summed E-state index contributed by atoms with van der Waals surface area (Å²) in [4.78, 5) is 59.0. The lowest BCUT2D eigenvalue weighted by Crippen LogP contribution is -2.33. The maximum absolute atomic E-state index is 11.9. The molecule has 1 aliphatic rings. The number of nitrogen functional groups attached to an aromatic ring is 1. The predicted octanol–water partition coefficient (Wildman–Crippen LogP) is -2.10. The van der Waals surface area contributed by atoms with Gasteiger partial charge >= 0.3 is 21.3 Å². The number of aromatic nitrogens is 4. The van der Waals surface area contributed by atoms with Crippen LogP contribution in [0.15, 0.2) is 11.1 Å². The van der Waals surface area contributed by atoms with Crippen LogP contribution in [0.25, 0.3) is 11.2 Å². The van der Waals surface area contributed by atoms with E-state index in [2.05, 4.69) is 47.2 Å². The minimum Gasteiger partial charge on any atom is -0.387 e. The fraction of sp³-hybridized carbons (Fsp3) is 0.500. The molecule has 0 radical (unpaired) electrons. The Morgan fingerprint density at radius 3 is 2.50 bits per heavy atom. The van der Waals surface area contributed by atoms with Crippen molar-refractivity contribution in [1.29, 1.82) is 0 Å². The average Bonchev–Trinajstić information content (AvgIpc) is 3.12. The molecule has 1 aliphatic heterocycles. The molecule has 0 saturated carbocycles. The smallest absolute Gasteiger partial charge is 0.387 e. The Bertz CT molecular complexity index is 1220. The number of hydrogen-bond acceptors (Lipinski definition) is 13. The quantitative estimate of drug-likeness (QED) is 0.162. The molecule has 1 fully saturated rings. The van der Waals surface area contributed by atoms with Gasteiger partial charge in [-0.2, -0.15) is 4.98 Å². The zero-order valence-corrected chi connectivity index (χ0v) is 19.6. The summed E-state index contributed by atoms with van der Waals surface area (Å²) in [5.74, 6) is -0.234. The van der Waals surface area contributed by atoms with Crippen LogP contribution in [-0.2, 0) is 46.1 Å². The lowest BCUT2D eigenvalue weighted by atomic mass is 10.1. The van der Waals surface area contributed by atoms with E-state index in [1.807, 2.05) is 0 Å². The molecule has 3 rings (SSSR count). The molecule has 9 N–H and O–H groups in total. The second kappa shape index (κ2) is 9.14. The maximum atomic E-state index is 11.9. The van der Waals surface area contributed by atoms with Gasteiger partial charge < -0.3 is 44.8 Å². The van der Waals surface area contributed by atoms with Crippen LogP contribution >= 0.6 is 21.3 Å². The van der Waals surface area contributed by atoms with Gasteiger partial charge in [0.2, 0.25) is 5.95 Å². The summed E-state index contributed by atoms with van der Waals surface area (Å²) in [5.41, 5.74) is 4.69. The van der Waals surface area contributed by atoms with Crippen molar-refractivity contribution in [3.63, 3.8) is 0 Å². The first-order valence-electron chi connectivity index (χ1n) is 8.11. The topological polar surface area (TPSA) is 265 Å². The molecule has 17 nitrogen and oxygen atoms in total. The molecule has 2 aromatic rings. The lowest BCUT2D eigenvalue weighted by Gasteiger charge is -2.22. The van der Waals surface area contributed by atoms with Crippen molar-refractivity contribution < 1.29 is 52.2 Å². The predicted molar refractivity (Wildman–Crippen MR) is 112 cm³/mol. The highest BCUT2D eigenvalue weighted by Gasteiger charge is 2.46. The number of phosphoric acid groups is 1. The van der Waals surface area contributed by atoms with Crippen LogP contribution in [0.2, 0.25) is 0 Å². The zero-order chi connectivity index (χ0) is 24.1. The summed E-state index contributed by atoms with van der Waals surface area (Å²) in [5, 5.41) is 20.6. The number of nitrogens with zero attached hydrogens (tertiary/aromatic N) is 3. The van der Waals surface area contributed by atoms with Crippen molar-refractivity contribution in [3.05, 3.63) is 16.7 Å². The van der Waals surface area contributed by atoms with Crippen molar-refractivity contribution in [3.8, 4) is 0 Å². The van der Waals surface area contributed by atoms with Gasteiger partial charge in [-0.3, -0.25) is 14.3 Å². The van der Waals surface area contributed by atoms with Crippen LogP contribution in [-0.4, -0.2) is 74.2 Å². The number of ether oxygens (including phenoxy) is 1. The summed E-state index contributed by atoms with van der Waals surface area (Å²) >= 11 is 8.56. The van der Waals surface area contributed by atoms with E-state index in [1.54, 1.807) is 0 Å². The van der Waals surface area contributed by atoms with E-state index < -0.39 is 58.0 Å². The number of aliphatic hydroxyl groups excluding tert-OH is 2. The number of fused-ring (bicyclic) bond motifs is 1. The van der Waals surface area contributed by atoms with Gasteiger partial charge in [0.25, 0.3) is 5.56 Å². The van der Waals surface area contributed by atoms with Crippen LogP contribution < -0.4 is 11.3 Å². The second-order valence-electron chi connectivity index (χ2n) is 6.21. The molecular weight excluding hydrogens is 539 g/mol. The van der Waals surface area contributed by atoms with Gasteiger partial charge in [0.05, 0.1) is 12.9 Å². The molecule has 1 saturated heterocycles. The Labute approximate surface area is 187 Å². The van der Waals surface area contributed by atoms with Crippen molar-refractivity contribution >= 4 is 62.0 Å². The van der Waals surface area contributed by atoms with E-state index in [1.165, 1.54) is 0 Å². The molecule has 3 heterocycles. The largest absolute Gasteiger partial charge is 0.486 e. The fourth-order valence-electron chi connectivity index (χ4n) is 2.70. The molecule has 180 valence electrons. The van der Waals surface area contributed by atoms with Gasteiger partial charge in [-0.15, -0.1) is 0 Å². The molecule has 2 unspecified atom stereocenters. The summed E-state index contributed by atoms with van der Waals surface area (Å²) in [6.45, 7) is -9.95. The number of imidazole rings is 1. The summed E-state index contributed by atoms with van der Waals surface area (Å²) in [7, 11) is -5.32. The highest BCUT2D eigenvalue weighted by Crippen LogP contribution is 2.66. The Balaban J connectivity index is 1.72. The number of anilines is 1. The number of nitrogens with two attached hydrogens (primary N) is 1. The van der Waals surface area contributed by atoms with Gasteiger partial charge in [0.15, 0.2) is 17.4 Å². The molecule has 0 spiro atoms. The SMILES string of the molecule is Nc1nc2c(ncn2[C@@H]2O[C@H](COP(O)(=S)OP(=O)(O)OP(O)(O)=S)[C@@H](O)[C@H]2O)c(=O)[nH]1. The highest BCUT2D eigenvalue weighted by atomic mass is 32.5. The minimum absolute atomic E-state index is 0.0539. The zero-order valence-electron chi connectivity index (χ0n) is 15.3. The number of nitrogens with one attached hydrogen (secondary N) is 1. The van der Waals surface area contributed by atoms with Crippen molar-refractivity contribution in [1.82, 2.24) is 19.5 Å². The van der Waals surface area contributed by atoms with Crippen LogP contribution in [0.3, 0.4) is 0 Å². The molecule has 0 bridgehead atoms. The van der Waals surface area contributed by atoms with E-state index in [4.69, 9.17) is 24.8 Å². The van der Waals surface area contributed by atoms with Crippen LogP contribution in [0, 0.1) is 0 Å². The van der Waals surface area contributed by atoms with Gasteiger partial charge in [-0.05, 0) is 23.6 Å². The summed E-state index contributed by atoms with van der Waals surface area (Å²) in [6, 6.07) is 0. The number of hydrogen-bond donors (Lipinski definition) is 8. The first kappa shape index (κ1) is 25.9. The number of H-pyrrole nitrogens is 1. The molecule has 0 aliphatic carbocycles. The Morgan fingerprint density at radius 1 is 1.22 bits per heavy atom. The first-order chi connectivity index (χ1) is 14.6. The molecular formula is C10H16N5O12P3S2. The van der Waals surface area contributed by atoms with Gasteiger partial charge in [-0.1, -0.05) is 0 Å². The van der Waals surface area contributed by atoms with E-state index in [-0.39, 0.29) is 17.1 Å². The molecule has 0 aromatic carbocycles. The first-order valence-corrected chi connectivity index (χ1v) is 14.8. The molecule has 32 heavy (non-hydrogen) atoms. The van der Waals surface area contributed by atoms with E-state index in [0.29, 0.717) is 0 Å². The molecule has 6 atom stereocenters. The minimum atomic E-state index is -5.32. The van der Waals surface area contributed by atoms with Gasteiger partial charge in [-0.25, -0.2) is 18.2 Å². The van der Waals surface area contributed by atoms with E-state index in [9.17, 15) is 29.4 Å². The monoisotopic (exact) mass is 555 g/mol. The average molecular weight is 555 g/mol. The van der Waals surface area contributed by atoms with E-state index >= 15 is 0 Å². The summed E-state index contributed by atoms with van der Waals surface area (Å²) < 4.78 is 31.2. The Kier molecular flexibility index (Phi) is 7.40. The van der Waals surface area contributed by atoms with Crippen LogP contribution in [0.4, 0.5) is 5.95 Å². The van der Waals surface area contributed by atoms with Crippen molar-refractivity contribution in [2.75, 3.05) is 12.3 Å². The van der Waals surface area contributed by atoms with Crippen LogP contribution in [0.5, 0.6) is 0 Å². The second-order valence-corrected chi connectivity index (χ2v) is 13.4. The van der Waals surface area contributed by atoms with Gasteiger partial charge in [0.1, 0.15) is 18.3 Å². The lowest BCUT2D eigenvalue weighted by molar-refractivity contribution is -0.0486. The third kappa shape index (κ3) is 6.04. The number of aliphatic hydroxyl groups is 2. The van der Waals surface area contributed by atoms with Crippen LogP contribution in [0.1, 0.15) is 6.23 Å². The van der Waals surface area contributed by atoms with Gasteiger partial charge in [0, 0.05) is 0 Å². The Morgan fingerprint density at radius 2 is 1.88 bits per heavy atom. The summed E-state index contributed by atoms with van der Waals surface area (Å²) in [6.07, 6.45) is -4.78.